The Hall–Kier alpha value is -3.38. The van der Waals surface area contributed by atoms with E-state index < -0.39 is 0 Å². The molecule has 6 heteroatoms. The van der Waals surface area contributed by atoms with Crippen molar-refractivity contribution >= 4 is 28.1 Å². The maximum Gasteiger partial charge on any atom is 0.291 e. The number of thiophene rings is 1. The first-order valence-corrected chi connectivity index (χ1v) is 13.1. The summed E-state index contributed by atoms with van der Waals surface area (Å²) in [5.41, 5.74) is 5.92. The predicted molar refractivity (Wildman–Crippen MR) is 143 cm³/mol. The molecule has 35 heavy (non-hydrogen) atoms. The molecule has 5 nitrogen and oxygen atoms in total. The van der Waals surface area contributed by atoms with Crippen molar-refractivity contribution in [3.05, 3.63) is 99.4 Å². The summed E-state index contributed by atoms with van der Waals surface area (Å²) in [4.78, 5) is 19.1. The van der Waals surface area contributed by atoms with Crippen molar-refractivity contribution in [1.29, 1.82) is 0 Å². The lowest BCUT2D eigenvalue weighted by Gasteiger charge is -2.24. The number of nitrogens with zero attached hydrogens (tertiary/aromatic N) is 1. The minimum atomic E-state index is -0.225. The Morgan fingerprint density at radius 3 is 2.49 bits per heavy atom. The average molecular weight is 486 g/mol. The average Bonchev–Trinajstić information content (AvgIpc) is 3.51. The Kier molecular flexibility index (Phi) is 6.73. The molecule has 1 aliphatic carbocycles. The van der Waals surface area contributed by atoms with Gasteiger partial charge in [0.25, 0.3) is 5.91 Å². The van der Waals surface area contributed by atoms with E-state index in [1.54, 1.807) is 23.5 Å². The number of hydrogen-bond acceptors (Lipinski definition) is 5. The molecule has 0 bridgehead atoms. The molecular weight excluding hydrogens is 454 g/mol. The number of carbonyl (C=O) groups excluding carboxylic acids is 1. The molecule has 2 N–H and O–H groups in total. The summed E-state index contributed by atoms with van der Waals surface area (Å²) in [6.45, 7) is 6.41. The van der Waals surface area contributed by atoms with E-state index >= 15 is 0 Å². The van der Waals surface area contributed by atoms with Gasteiger partial charge in [0, 0.05) is 16.1 Å². The number of anilines is 2. The molecule has 180 valence electrons. The smallest absolute Gasteiger partial charge is 0.291 e. The molecule has 0 spiro atoms. The number of furan rings is 1. The molecule has 0 radical (unpaired) electrons. The van der Waals surface area contributed by atoms with Crippen LogP contribution in [0.25, 0.3) is 0 Å². The zero-order chi connectivity index (χ0) is 24.4. The first kappa shape index (κ1) is 23.4. The highest BCUT2D eigenvalue weighted by Crippen LogP contribution is 2.44. The lowest BCUT2D eigenvalue weighted by molar-refractivity contribution is 0.0997. The zero-order valence-corrected chi connectivity index (χ0v) is 21.2. The second-order valence-corrected chi connectivity index (χ2v) is 10.6. The van der Waals surface area contributed by atoms with Crippen LogP contribution in [0.1, 0.15) is 82.0 Å². The van der Waals surface area contributed by atoms with Crippen molar-refractivity contribution in [3.8, 4) is 0 Å². The van der Waals surface area contributed by atoms with Crippen LogP contribution in [0.3, 0.4) is 0 Å². The molecule has 1 amide bonds. The van der Waals surface area contributed by atoms with Crippen LogP contribution >= 0.6 is 11.3 Å². The molecule has 0 saturated carbocycles. The van der Waals surface area contributed by atoms with E-state index in [0.717, 1.165) is 46.9 Å². The van der Waals surface area contributed by atoms with Gasteiger partial charge in [-0.05, 0) is 79.5 Å². The van der Waals surface area contributed by atoms with Gasteiger partial charge in [0.05, 0.1) is 12.3 Å². The highest BCUT2D eigenvalue weighted by Gasteiger charge is 2.29. The number of hydrogen-bond donors (Lipinski definition) is 2. The van der Waals surface area contributed by atoms with Gasteiger partial charge in [0.15, 0.2) is 5.76 Å². The SMILES string of the molecule is Cc1cccc(NC(c2ccc(C(C)C)cc2)c2c(NC(=O)c3ccco3)sc3c2CCCC3)n1. The topological polar surface area (TPSA) is 67.2 Å². The molecule has 0 fully saturated rings. The van der Waals surface area contributed by atoms with Gasteiger partial charge >= 0.3 is 0 Å². The molecule has 5 rings (SSSR count). The molecule has 0 saturated heterocycles. The molecule has 3 aromatic heterocycles. The highest BCUT2D eigenvalue weighted by molar-refractivity contribution is 7.16. The number of amides is 1. The largest absolute Gasteiger partial charge is 0.459 e. The molecule has 1 atom stereocenters. The number of nitrogens with one attached hydrogen (secondary N) is 2. The lowest BCUT2D eigenvalue weighted by Crippen LogP contribution is -2.19. The van der Waals surface area contributed by atoms with Crippen molar-refractivity contribution in [1.82, 2.24) is 4.98 Å². The maximum absolute atomic E-state index is 13.0. The number of benzene rings is 1. The van der Waals surface area contributed by atoms with Crippen molar-refractivity contribution in [2.45, 2.75) is 58.4 Å². The fourth-order valence-corrected chi connectivity index (χ4v) is 6.05. The molecule has 1 aromatic carbocycles. The van der Waals surface area contributed by atoms with Crippen LogP contribution in [0.5, 0.6) is 0 Å². The molecule has 4 aromatic rings. The van der Waals surface area contributed by atoms with Crippen molar-refractivity contribution in [3.63, 3.8) is 0 Å². The van der Waals surface area contributed by atoms with Gasteiger partial charge in [-0.15, -0.1) is 11.3 Å². The predicted octanol–water partition coefficient (Wildman–Crippen LogP) is 7.50. The number of carbonyl (C=O) groups is 1. The number of aromatic nitrogens is 1. The summed E-state index contributed by atoms with van der Waals surface area (Å²) in [5, 5.41) is 7.76. The molecule has 1 aliphatic rings. The van der Waals surface area contributed by atoms with Crippen LogP contribution in [-0.4, -0.2) is 10.9 Å². The van der Waals surface area contributed by atoms with E-state index in [4.69, 9.17) is 9.40 Å². The van der Waals surface area contributed by atoms with Crippen LogP contribution < -0.4 is 10.6 Å². The standard InChI is InChI=1S/C29H31N3O2S/c1-18(2)20-13-15-21(16-14-20)27(31-25-12-6-8-19(3)30-25)26-22-9-4-5-11-24(22)35-29(26)32-28(33)23-10-7-17-34-23/h6-8,10,12-18,27H,4-5,9,11H2,1-3H3,(H,30,31)(H,32,33). The monoisotopic (exact) mass is 485 g/mol. The Morgan fingerprint density at radius 2 is 1.77 bits per heavy atom. The van der Waals surface area contributed by atoms with Crippen LogP contribution in [0.4, 0.5) is 10.8 Å². The zero-order valence-electron chi connectivity index (χ0n) is 20.4. The summed E-state index contributed by atoms with van der Waals surface area (Å²) in [6.07, 6.45) is 5.93. The normalized spacial score (nSPS) is 13.9. The number of rotatable bonds is 7. The summed E-state index contributed by atoms with van der Waals surface area (Å²) in [7, 11) is 0. The van der Waals surface area contributed by atoms with Crippen LogP contribution in [0.15, 0.2) is 65.3 Å². The Balaban J connectivity index is 1.61. The first-order valence-electron chi connectivity index (χ1n) is 12.3. The summed E-state index contributed by atoms with van der Waals surface area (Å²) < 4.78 is 5.37. The van der Waals surface area contributed by atoms with Gasteiger partial charge in [-0.2, -0.15) is 0 Å². The highest BCUT2D eigenvalue weighted by atomic mass is 32.1. The molecule has 1 unspecified atom stereocenters. The van der Waals surface area contributed by atoms with E-state index in [-0.39, 0.29) is 11.9 Å². The minimum Gasteiger partial charge on any atom is -0.459 e. The second kappa shape index (κ2) is 10.1. The minimum absolute atomic E-state index is 0.143. The quantitative estimate of drug-likeness (QED) is 0.284. The van der Waals surface area contributed by atoms with E-state index in [2.05, 4.69) is 48.7 Å². The van der Waals surface area contributed by atoms with Gasteiger partial charge in [-0.1, -0.05) is 44.2 Å². The van der Waals surface area contributed by atoms with Crippen molar-refractivity contribution in [2.24, 2.45) is 0 Å². The fourth-order valence-electron chi connectivity index (χ4n) is 4.73. The Bertz CT molecular complexity index is 1310. The first-order chi connectivity index (χ1) is 17.0. The van der Waals surface area contributed by atoms with E-state index in [0.29, 0.717) is 11.7 Å². The van der Waals surface area contributed by atoms with Gasteiger partial charge < -0.3 is 15.1 Å². The van der Waals surface area contributed by atoms with Crippen LogP contribution in [0.2, 0.25) is 0 Å². The van der Waals surface area contributed by atoms with Gasteiger partial charge in [0.1, 0.15) is 10.8 Å². The third-order valence-electron chi connectivity index (χ3n) is 6.59. The van der Waals surface area contributed by atoms with Gasteiger partial charge in [0.2, 0.25) is 0 Å². The fraction of sp³-hybridized carbons (Fsp3) is 0.310. The molecule has 0 aliphatic heterocycles. The van der Waals surface area contributed by atoms with E-state index in [9.17, 15) is 4.79 Å². The third-order valence-corrected chi connectivity index (χ3v) is 7.81. The third kappa shape index (κ3) is 5.03. The Labute approximate surface area is 210 Å². The summed E-state index contributed by atoms with van der Waals surface area (Å²) in [6, 6.07) is 18.1. The number of aryl methyl sites for hydroxylation is 2. The number of pyridine rings is 1. The molecule has 3 heterocycles. The van der Waals surface area contributed by atoms with Crippen LogP contribution in [-0.2, 0) is 12.8 Å². The van der Waals surface area contributed by atoms with Gasteiger partial charge in [-0.3, -0.25) is 4.79 Å². The molecular formula is C29H31N3O2S. The van der Waals surface area contributed by atoms with Gasteiger partial charge in [-0.25, -0.2) is 4.98 Å². The second-order valence-electron chi connectivity index (χ2n) is 9.45. The number of fused-ring (bicyclic) bond motifs is 1. The van der Waals surface area contributed by atoms with E-state index in [1.165, 1.54) is 28.7 Å². The summed E-state index contributed by atoms with van der Waals surface area (Å²) >= 11 is 1.70. The summed E-state index contributed by atoms with van der Waals surface area (Å²) in [5.74, 6) is 1.37. The van der Waals surface area contributed by atoms with Crippen LogP contribution in [0, 0.1) is 6.92 Å². The Morgan fingerprint density at radius 1 is 1.00 bits per heavy atom. The van der Waals surface area contributed by atoms with Crippen molar-refractivity contribution < 1.29 is 9.21 Å². The van der Waals surface area contributed by atoms with Crippen molar-refractivity contribution in [2.75, 3.05) is 10.6 Å². The van der Waals surface area contributed by atoms with E-state index in [1.807, 2.05) is 25.1 Å². The lowest BCUT2D eigenvalue weighted by atomic mass is 9.88. The maximum atomic E-state index is 13.0.